The van der Waals surface area contributed by atoms with E-state index in [9.17, 15) is 0 Å². The minimum atomic E-state index is 0.178. The molecule has 112 valence electrons. The van der Waals surface area contributed by atoms with Crippen LogP contribution in [0.5, 0.6) is 0 Å². The number of β-amino-alcohol motifs (C(OH)–C–C–N with tert-alkyl or cyclic N) is 1. The first-order valence-electron chi connectivity index (χ1n) is 7.28. The Bertz CT molecular complexity index is 416. The molecule has 20 heavy (non-hydrogen) atoms. The maximum atomic E-state index is 9.05. The predicted molar refractivity (Wildman–Crippen MR) is 83.0 cm³/mol. The third kappa shape index (κ3) is 3.93. The first kappa shape index (κ1) is 15.7. The van der Waals surface area contributed by atoms with Gasteiger partial charge in [0.2, 0.25) is 0 Å². The fourth-order valence-electron chi connectivity index (χ4n) is 2.89. The molecule has 1 heterocycles. The van der Waals surface area contributed by atoms with Crippen LogP contribution in [0.1, 0.15) is 18.0 Å². The van der Waals surface area contributed by atoms with Crippen molar-refractivity contribution in [2.75, 3.05) is 45.9 Å². The molecule has 1 unspecified atom stereocenters. The van der Waals surface area contributed by atoms with Gasteiger partial charge in [0.25, 0.3) is 0 Å². The molecule has 0 radical (unpaired) electrons. The molecule has 1 atom stereocenters. The normalized spacial score (nSPS) is 19.8. The number of aliphatic hydroxyl groups is 1. The highest BCUT2D eigenvalue weighted by Crippen LogP contribution is 2.27. The summed E-state index contributed by atoms with van der Waals surface area (Å²) < 4.78 is 0. The molecule has 5 heteroatoms. The lowest BCUT2D eigenvalue weighted by molar-refractivity contribution is 0.182. The summed E-state index contributed by atoms with van der Waals surface area (Å²) in [6.45, 7) is 5.56. The molecule has 2 rings (SSSR count). The molecular formula is C15H24ClN3O. The molecule has 0 amide bonds. The second kappa shape index (κ2) is 7.96. The number of hydrogen-bond acceptors (Lipinski definition) is 4. The molecule has 0 spiro atoms. The van der Waals surface area contributed by atoms with Crippen molar-refractivity contribution in [3.63, 3.8) is 0 Å². The monoisotopic (exact) mass is 297 g/mol. The summed E-state index contributed by atoms with van der Waals surface area (Å²) in [5.74, 6) is 0. The molecule has 1 aromatic carbocycles. The largest absolute Gasteiger partial charge is 0.395 e. The zero-order chi connectivity index (χ0) is 14.4. The lowest BCUT2D eigenvalue weighted by Crippen LogP contribution is -2.37. The average Bonchev–Trinajstić information content (AvgIpc) is 2.68. The smallest absolute Gasteiger partial charge is 0.0558 e. The SMILES string of the molecule is NCC(c1ccccc1Cl)N1CCCN(CCO)CC1. The van der Waals surface area contributed by atoms with Crippen molar-refractivity contribution in [3.8, 4) is 0 Å². The Balaban J connectivity index is 2.06. The minimum Gasteiger partial charge on any atom is -0.395 e. The number of hydrogen-bond donors (Lipinski definition) is 2. The number of nitrogens with zero attached hydrogens (tertiary/aromatic N) is 2. The maximum absolute atomic E-state index is 9.05. The Hall–Kier alpha value is -0.650. The molecule has 1 aromatic rings. The standard InChI is InChI=1S/C15H24ClN3O/c16-14-5-2-1-4-13(14)15(12-17)19-7-3-6-18(8-9-19)10-11-20/h1-2,4-5,15,20H,3,6-12,17H2. The van der Waals surface area contributed by atoms with Crippen LogP contribution in [0.25, 0.3) is 0 Å². The predicted octanol–water partition coefficient (Wildman–Crippen LogP) is 1.34. The minimum absolute atomic E-state index is 0.178. The molecule has 0 saturated carbocycles. The summed E-state index contributed by atoms with van der Waals surface area (Å²) in [5, 5.41) is 9.84. The van der Waals surface area contributed by atoms with E-state index in [1.807, 2.05) is 18.2 Å². The van der Waals surface area contributed by atoms with Gasteiger partial charge in [-0.2, -0.15) is 0 Å². The molecule has 0 aliphatic carbocycles. The van der Waals surface area contributed by atoms with Gasteiger partial charge in [0.15, 0.2) is 0 Å². The van der Waals surface area contributed by atoms with Crippen LogP contribution in [0.2, 0.25) is 5.02 Å². The summed E-state index contributed by atoms with van der Waals surface area (Å²) >= 11 is 6.31. The van der Waals surface area contributed by atoms with Crippen LogP contribution in [0, 0.1) is 0 Å². The fourth-order valence-corrected chi connectivity index (χ4v) is 3.15. The van der Waals surface area contributed by atoms with Crippen molar-refractivity contribution in [1.82, 2.24) is 9.80 Å². The zero-order valence-corrected chi connectivity index (χ0v) is 12.6. The van der Waals surface area contributed by atoms with Gasteiger partial charge in [-0.3, -0.25) is 9.80 Å². The van der Waals surface area contributed by atoms with Crippen LogP contribution in [-0.2, 0) is 0 Å². The van der Waals surface area contributed by atoms with Gasteiger partial charge in [-0.25, -0.2) is 0 Å². The number of rotatable bonds is 5. The lowest BCUT2D eigenvalue weighted by Gasteiger charge is -2.30. The van der Waals surface area contributed by atoms with E-state index >= 15 is 0 Å². The lowest BCUT2D eigenvalue weighted by atomic mass is 10.0. The van der Waals surface area contributed by atoms with Crippen molar-refractivity contribution in [2.24, 2.45) is 5.73 Å². The van der Waals surface area contributed by atoms with Gasteiger partial charge >= 0.3 is 0 Å². The van der Waals surface area contributed by atoms with Gasteiger partial charge < -0.3 is 10.8 Å². The molecule has 4 nitrogen and oxygen atoms in total. The van der Waals surface area contributed by atoms with Crippen LogP contribution in [0.4, 0.5) is 0 Å². The topological polar surface area (TPSA) is 52.7 Å². The van der Waals surface area contributed by atoms with Crippen LogP contribution >= 0.6 is 11.6 Å². The molecule has 1 aliphatic rings. The van der Waals surface area contributed by atoms with E-state index in [4.69, 9.17) is 22.4 Å². The van der Waals surface area contributed by atoms with E-state index in [0.29, 0.717) is 6.54 Å². The van der Waals surface area contributed by atoms with E-state index in [-0.39, 0.29) is 12.6 Å². The van der Waals surface area contributed by atoms with Crippen LogP contribution in [0.3, 0.4) is 0 Å². The van der Waals surface area contributed by atoms with Crippen molar-refractivity contribution in [3.05, 3.63) is 34.9 Å². The fraction of sp³-hybridized carbons (Fsp3) is 0.600. The van der Waals surface area contributed by atoms with Gasteiger partial charge in [0, 0.05) is 43.8 Å². The molecular weight excluding hydrogens is 274 g/mol. The Morgan fingerprint density at radius 2 is 2.00 bits per heavy atom. The maximum Gasteiger partial charge on any atom is 0.0558 e. The molecule has 0 aromatic heterocycles. The highest BCUT2D eigenvalue weighted by molar-refractivity contribution is 6.31. The molecule has 1 saturated heterocycles. The Morgan fingerprint density at radius 1 is 1.20 bits per heavy atom. The Kier molecular flexibility index (Phi) is 6.26. The first-order valence-corrected chi connectivity index (χ1v) is 7.66. The summed E-state index contributed by atoms with van der Waals surface area (Å²) in [4.78, 5) is 4.72. The van der Waals surface area contributed by atoms with E-state index < -0.39 is 0 Å². The summed E-state index contributed by atoms with van der Waals surface area (Å²) in [7, 11) is 0. The highest BCUT2D eigenvalue weighted by atomic mass is 35.5. The quantitative estimate of drug-likeness (QED) is 0.861. The van der Waals surface area contributed by atoms with Crippen molar-refractivity contribution in [2.45, 2.75) is 12.5 Å². The third-order valence-electron chi connectivity index (χ3n) is 3.97. The number of aliphatic hydroxyl groups excluding tert-OH is 1. The Morgan fingerprint density at radius 3 is 2.70 bits per heavy atom. The molecule has 0 bridgehead atoms. The van der Waals surface area contributed by atoms with Crippen molar-refractivity contribution in [1.29, 1.82) is 0 Å². The first-order chi connectivity index (χ1) is 9.76. The van der Waals surface area contributed by atoms with E-state index in [1.54, 1.807) is 0 Å². The highest BCUT2D eigenvalue weighted by Gasteiger charge is 2.23. The van der Waals surface area contributed by atoms with Gasteiger partial charge in [0.05, 0.1) is 6.61 Å². The van der Waals surface area contributed by atoms with Gasteiger partial charge in [-0.1, -0.05) is 29.8 Å². The van der Waals surface area contributed by atoms with Crippen molar-refractivity contribution >= 4 is 11.6 Å². The number of nitrogens with two attached hydrogens (primary N) is 1. The Labute approximate surface area is 126 Å². The molecule has 1 fully saturated rings. The van der Waals surface area contributed by atoms with E-state index in [2.05, 4.69) is 15.9 Å². The van der Waals surface area contributed by atoms with Crippen molar-refractivity contribution < 1.29 is 5.11 Å². The third-order valence-corrected chi connectivity index (χ3v) is 4.31. The van der Waals surface area contributed by atoms with E-state index in [1.165, 1.54) is 0 Å². The zero-order valence-electron chi connectivity index (χ0n) is 11.8. The van der Waals surface area contributed by atoms with Gasteiger partial charge in [-0.15, -0.1) is 0 Å². The molecule has 3 N–H and O–H groups in total. The molecule has 1 aliphatic heterocycles. The summed E-state index contributed by atoms with van der Waals surface area (Å²) in [6, 6.07) is 8.13. The summed E-state index contributed by atoms with van der Waals surface area (Å²) in [5.41, 5.74) is 7.11. The van der Waals surface area contributed by atoms with Crippen LogP contribution < -0.4 is 5.73 Å². The van der Waals surface area contributed by atoms with Gasteiger partial charge in [-0.05, 0) is 24.6 Å². The second-order valence-corrected chi connectivity index (χ2v) is 5.63. The van der Waals surface area contributed by atoms with Crippen LogP contribution in [0.15, 0.2) is 24.3 Å². The van der Waals surface area contributed by atoms with E-state index in [0.717, 1.165) is 49.7 Å². The van der Waals surface area contributed by atoms with Crippen LogP contribution in [-0.4, -0.2) is 60.8 Å². The summed E-state index contributed by atoms with van der Waals surface area (Å²) in [6.07, 6.45) is 1.10. The average molecular weight is 298 g/mol. The van der Waals surface area contributed by atoms with Gasteiger partial charge in [0.1, 0.15) is 0 Å². The number of halogens is 1. The second-order valence-electron chi connectivity index (χ2n) is 5.23. The number of benzene rings is 1.